The number of H-pyrrole nitrogens is 1. The van der Waals surface area contributed by atoms with Crippen molar-refractivity contribution in [1.29, 1.82) is 0 Å². The van der Waals surface area contributed by atoms with Gasteiger partial charge in [-0.3, -0.25) is 5.32 Å². The molecule has 0 aliphatic carbocycles. The average molecular weight is 378 g/mol. The molecule has 0 aliphatic rings. The number of amides is 1. The number of fused-ring (bicyclic) bond motifs is 1. The highest BCUT2D eigenvalue weighted by Gasteiger charge is 2.13. The molecule has 0 radical (unpaired) electrons. The molecule has 1 heterocycles. The standard InChI is InChI=1S/C13H14BrClN2O4/c14-8-1-2-9-11(12(8)15)10(5-16-9)17-13(20)21-4-3-7(19)6-18/h1-2,5,7,16,18-19H,3-4,6H2,(H,17,20). The maximum Gasteiger partial charge on any atom is 0.411 e. The minimum atomic E-state index is -0.892. The lowest BCUT2D eigenvalue weighted by molar-refractivity contribution is 0.0666. The Balaban J connectivity index is 2.03. The molecule has 1 aromatic carbocycles. The van der Waals surface area contributed by atoms with Crippen LogP contribution < -0.4 is 5.32 Å². The van der Waals surface area contributed by atoms with Gasteiger partial charge < -0.3 is 19.9 Å². The van der Waals surface area contributed by atoms with Crippen molar-refractivity contribution in [1.82, 2.24) is 4.98 Å². The number of carbonyl (C=O) groups excluding carboxylic acids is 1. The minimum Gasteiger partial charge on any atom is -0.449 e. The highest BCUT2D eigenvalue weighted by molar-refractivity contribution is 9.10. The minimum absolute atomic E-state index is 0.00728. The van der Waals surface area contributed by atoms with E-state index in [-0.39, 0.29) is 19.6 Å². The number of aliphatic hydroxyl groups is 2. The molecule has 0 fully saturated rings. The van der Waals surface area contributed by atoms with E-state index in [1.165, 1.54) is 0 Å². The normalized spacial score (nSPS) is 12.4. The summed E-state index contributed by atoms with van der Waals surface area (Å²) in [4.78, 5) is 14.7. The second kappa shape index (κ2) is 7.13. The first-order chi connectivity index (χ1) is 10.0. The van der Waals surface area contributed by atoms with Crippen LogP contribution in [0, 0.1) is 0 Å². The molecule has 6 nitrogen and oxygen atoms in total. The van der Waals surface area contributed by atoms with Crippen LogP contribution in [-0.4, -0.2) is 40.6 Å². The SMILES string of the molecule is O=C(Nc1c[nH]c2ccc(Br)c(Cl)c12)OCCC(O)CO. The number of benzene rings is 1. The van der Waals surface area contributed by atoms with E-state index in [1.807, 2.05) is 6.07 Å². The van der Waals surface area contributed by atoms with Gasteiger partial charge in [0.2, 0.25) is 0 Å². The number of ether oxygens (including phenoxy) is 1. The van der Waals surface area contributed by atoms with Crippen LogP contribution in [0.15, 0.2) is 22.8 Å². The molecular weight excluding hydrogens is 364 g/mol. The molecule has 114 valence electrons. The van der Waals surface area contributed by atoms with E-state index >= 15 is 0 Å². The number of nitrogens with one attached hydrogen (secondary N) is 2. The van der Waals surface area contributed by atoms with Gasteiger partial charge in [0.1, 0.15) is 0 Å². The van der Waals surface area contributed by atoms with Gasteiger partial charge in [-0.25, -0.2) is 4.79 Å². The fourth-order valence-corrected chi connectivity index (χ4v) is 2.38. The van der Waals surface area contributed by atoms with Gasteiger partial charge in [-0.2, -0.15) is 0 Å². The van der Waals surface area contributed by atoms with E-state index in [0.717, 1.165) is 9.99 Å². The molecule has 0 bridgehead atoms. The number of aromatic nitrogens is 1. The fourth-order valence-electron chi connectivity index (χ4n) is 1.78. The third-order valence-electron chi connectivity index (χ3n) is 2.87. The maximum atomic E-state index is 11.7. The average Bonchev–Trinajstić information content (AvgIpc) is 2.86. The molecule has 0 aliphatic heterocycles. The topological polar surface area (TPSA) is 94.6 Å². The van der Waals surface area contributed by atoms with Crippen molar-refractivity contribution in [2.45, 2.75) is 12.5 Å². The van der Waals surface area contributed by atoms with Crippen molar-refractivity contribution in [3.63, 3.8) is 0 Å². The van der Waals surface area contributed by atoms with Crippen LogP contribution in [0.2, 0.25) is 5.02 Å². The quantitative estimate of drug-likeness (QED) is 0.644. The summed E-state index contributed by atoms with van der Waals surface area (Å²) in [5, 5.41) is 21.5. The van der Waals surface area contributed by atoms with Gasteiger partial charge in [0, 0.05) is 28.0 Å². The summed E-state index contributed by atoms with van der Waals surface area (Å²) in [7, 11) is 0. The number of halogens is 2. The van der Waals surface area contributed by atoms with Gasteiger partial charge in [-0.05, 0) is 28.1 Å². The molecule has 0 spiro atoms. The molecule has 8 heteroatoms. The molecule has 0 saturated carbocycles. The van der Waals surface area contributed by atoms with E-state index in [9.17, 15) is 4.79 Å². The molecule has 1 unspecified atom stereocenters. The van der Waals surface area contributed by atoms with Crippen molar-refractivity contribution >= 4 is 50.2 Å². The third kappa shape index (κ3) is 3.88. The van der Waals surface area contributed by atoms with Crippen LogP contribution in [0.1, 0.15) is 6.42 Å². The van der Waals surface area contributed by atoms with Crippen molar-refractivity contribution in [3.05, 3.63) is 27.8 Å². The van der Waals surface area contributed by atoms with Gasteiger partial charge in [0.25, 0.3) is 0 Å². The zero-order valence-corrected chi connectivity index (χ0v) is 13.2. The molecule has 2 rings (SSSR count). The van der Waals surface area contributed by atoms with Crippen LogP contribution in [0.5, 0.6) is 0 Å². The number of aliphatic hydroxyl groups excluding tert-OH is 2. The molecule has 1 atom stereocenters. The molecular formula is C13H14BrClN2O4. The van der Waals surface area contributed by atoms with Gasteiger partial charge in [-0.15, -0.1) is 0 Å². The van der Waals surface area contributed by atoms with Crippen molar-refractivity contribution in [2.75, 3.05) is 18.5 Å². The number of hydrogen-bond acceptors (Lipinski definition) is 4. The van der Waals surface area contributed by atoms with Crippen LogP contribution >= 0.6 is 27.5 Å². The van der Waals surface area contributed by atoms with E-state index < -0.39 is 12.2 Å². The number of anilines is 1. The first kappa shape index (κ1) is 16.1. The van der Waals surface area contributed by atoms with E-state index in [4.69, 9.17) is 26.6 Å². The van der Waals surface area contributed by atoms with Crippen LogP contribution in [0.3, 0.4) is 0 Å². The summed E-state index contributed by atoms with van der Waals surface area (Å²) in [6.45, 7) is -0.357. The van der Waals surface area contributed by atoms with E-state index in [2.05, 4.69) is 26.2 Å². The van der Waals surface area contributed by atoms with Crippen LogP contribution in [0.25, 0.3) is 10.9 Å². The van der Waals surface area contributed by atoms with Crippen LogP contribution in [-0.2, 0) is 4.74 Å². The molecule has 1 aromatic heterocycles. The van der Waals surface area contributed by atoms with Crippen LogP contribution in [0.4, 0.5) is 10.5 Å². The van der Waals surface area contributed by atoms with Gasteiger partial charge in [-0.1, -0.05) is 11.6 Å². The zero-order valence-electron chi connectivity index (χ0n) is 10.9. The molecule has 2 aromatic rings. The maximum absolute atomic E-state index is 11.7. The largest absolute Gasteiger partial charge is 0.449 e. The van der Waals surface area contributed by atoms with E-state index in [1.54, 1.807) is 12.3 Å². The number of carbonyl (C=O) groups is 1. The van der Waals surface area contributed by atoms with Gasteiger partial charge in [0.05, 0.1) is 30.0 Å². The van der Waals surface area contributed by atoms with Gasteiger partial charge >= 0.3 is 6.09 Å². The number of rotatable bonds is 5. The van der Waals surface area contributed by atoms with Crippen molar-refractivity contribution in [3.8, 4) is 0 Å². The highest BCUT2D eigenvalue weighted by Crippen LogP contribution is 2.35. The lowest BCUT2D eigenvalue weighted by Gasteiger charge is -2.09. The number of aromatic amines is 1. The predicted octanol–water partition coefficient (Wildman–Crippen LogP) is 2.88. The van der Waals surface area contributed by atoms with Crippen molar-refractivity contribution < 1.29 is 19.7 Å². The summed E-state index contributed by atoms with van der Waals surface area (Å²) in [6, 6.07) is 3.64. The summed E-state index contributed by atoms with van der Waals surface area (Å²) in [5.74, 6) is 0. The Morgan fingerprint density at radius 1 is 1.52 bits per heavy atom. The van der Waals surface area contributed by atoms with Crippen molar-refractivity contribution in [2.24, 2.45) is 0 Å². The Hall–Kier alpha value is -1.28. The number of hydrogen-bond donors (Lipinski definition) is 4. The zero-order chi connectivity index (χ0) is 15.4. The second-order valence-corrected chi connectivity index (χ2v) is 5.60. The first-order valence-electron chi connectivity index (χ1n) is 6.20. The smallest absolute Gasteiger partial charge is 0.411 e. The third-order valence-corrected chi connectivity index (χ3v) is 4.15. The monoisotopic (exact) mass is 376 g/mol. The molecule has 4 N–H and O–H groups in total. The summed E-state index contributed by atoms with van der Waals surface area (Å²) in [5.41, 5.74) is 1.29. The summed E-state index contributed by atoms with van der Waals surface area (Å²) >= 11 is 9.53. The molecule has 0 saturated heterocycles. The molecule has 1 amide bonds. The lowest BCUT2D eigenvalue weighted by Crippen LogP contribution is -2.19. The second-order valence-electron chi connectivity index (χ2n) is 4.37. The Kier molecular flexibility index (Phi) is 5.46. The Bertz CT molecular complexity index is 646. The predicted molar refractivity (Wildman–Crippen MR) is 83.7 cm³/mol. The lowest BCUT2D eigenvalue weighted by atomic mass is 10.2. The fraction of sp³-hybridized carbons (Fsp3) is 0.308. The first-order valence-corrected chi connectivity index (χ1v) is 7.37. The Morgan fingerprint density at radius 3 is 3.00 bits per heavy atom. The Morgan fingerprint density at radius 2 is 2.29 bits per heavy atom. The highest BCUT2D eigenvalue weighted by atomic mass is 79.9. The summed E-state index contributed by atoms with van der Waals surface area (Å²) in [6.07, 6.45) is 0.241. The molecule has 21 heavy (non-hydrogen) atoms. The van der Waals surface area contributed by atoms with Gasteiger partial charge in [0.15, 0.2) is 0 Å². The Labute approximate surface area is 134 Å². The van der Waals surface area contributed by atoms with E-state index in [0.29, 0.717) is 16.1 Å². The summed E-state index contributed by atoms with van der Waals surface area (Å²) < 4.78 is 5.64.